The normalized spacial score (nSPS) is 36.1. The molecule has 5 heteroatoms. The van der Waals surface area contributed by atoms with E-state index in [-0.39, 0.29) is 28.9 Å². The van der Waals surface area contributed by atoms with Crippen LogP contribution in [-0.2, 0) is 9.59 Å². The lowest BCUT2D eigenvalue weighted by Gasteiger charge is -2.46. The van der Waals surface area contributed by atoms with E-state index >= 15 is 0 Å². The number of hydrogen-bond donors (Lipinski definition) is 3. The SMILES string of the molecule is CC1(C)CC([NH+]2C(=O)CCC2=O)CC(C)(C)[NH+]1O. The summed E-state index contributed by atoms with van der Waals surface area (Å²) in [6.45, 7) is 7.95. The summed E-state index contributed by atoms with van der Waals surface area (Å²) >= 11 is 0. The number of hydroxylamine groups is 2. The molecule has 0 radical (unpaired) electrons. The van der Waals surface area contributed by atoms with Crippen LogP contribution >= 0.6 is 0 Å². The number of imide groups is 1. The zero-order valence-electron chi connectivity index (χ0n) is 11.7. The highest BCUT2D eigenvalue weighted by Gasteiger charge is 2.55. The van der Waals surface area contributed by atoms with Gasteiger partial charge in [0.1, 0.15) is 17.1 Å². The fourth-order valence-electron chi connectivity index (χ4n) is 3.72. The first-order valence-electron chi connectivity index (χ1n) is 6.65. The minimum Gasteiger partial charge on any atom is -0.230 e. The summed E-state index contributed by atoms with van der Waals surface area (Å²) in [5.74, 6) is 0.0518. The standard InChI is InChI=1S/C13H22N2O3/c1-12(2)7-9(8-13(3,4)15(12)18)14-10(16)5-6-11(14)17/h9,18H,5-8H2,1-4H3/p+2. The minimum atomic E-state index is -0.331. The van der Waals surface area contributed by atoms with Gasteiger partial charge >= 0.3 is 11.8 Å². The average molecular weight is 256 g/mol. The van der Waals surface area contributed by atoms with Crippen LogP contribution in [0.5, 0.6) is 0 Å². The zero-order chi connectivity index (χ0) is 13.7. The van der Waals surface area contributed by atoms with Crippen LogP contribution in [0, 0.1) is 0 Å². The molecule has 2 amide bonds. The van der Waals surface area contributed by atoms with Gasteiger partial charge in [-0.25, -0.2) is 19.7 Å². The molecule has 0 aliphatic carbocycles. The second kappa shape index (κ2) is 4.11. The second-order valence-corrected chi connectivity index (χ2v) is 6.98. The lowest BCUT2D eigenvalue weighted by atomic mass is 9.78. The van der Waals surface area contributed by atoms with Crippen molar-refractivity contribution in [2.45, 2.75) is 70.5 Å². The maximum absolute atomic E-state index is 11.9. The van der Waals surface area contributed by atoms with Crippen LogP contribution in [0.3, 0.4) is 0 Å². The second-order valence-electron chi connectivity index (χ2n) is 6.98. The molecule has 0 bridgehead atoms. The summed E-state index contributed by atoms with van der Waals surface area (Å²) in [5, 5.41) is 10.8. The molecule has 3 N–H and O–H groups in total. The molecule has 0 spiro atoms. The van der Waals surface area contributed by atoms with Crippen molar-refractivity contribution in [2.75, 3.05) is 0 Å². The molecule has 2 rings (SSSR count). The van der Waals surface area contributed by atoms with E-state index in [1.165, 1.54) is 0 Å². The number of carbonyl (C=O) groups excluding carboxylic acids is 2. The first-order valence-corrected chi connectivity index (χ1v) is 6.65. The van der Waals surface area contributed by atoms with Gasteiger partial charge in [0.15, 0.2) is 0 Å². The highest BCUT2D eigenvalue weighted by atomic mass is 16.5. The van der Waals surface area contributed by atoms with Crippen molar-refractivity contribution >= 4 is 11.8 Å². The van der Waals surface area contributed by atoms with Gasteiger partial charge in [0, 0.05) is 0 Å². The first-order chi connectivity index (χ1) is 8.15. The summed E-state index contributed by atoms with van der Waals surface area (Å²) < 4.78 is 0. The zero-order valence-corrected chi connectivity index (χ0v) is 11.7. The summed E-state index contributed by atoms with van der Waals surface area (Å²) in [7, 11) is 0. The number of likely N-dealkylation sites (tertiary alicyclic amines) is 1. The van der Waals surface area contributed by atoms with Gasteiger partial charge in [-0.1, -0.05) is 0 Å². The van der Waals surface area contributed by atoms with Crippen LogP contribution in [0.1, 0.15) is 53.4 Å². The molecule has 18 heavy (non-hydrogen) atoms. The minimum absolute atomic E-state index is 0.00778. The highest BCUT2D eigenvalue weighted by molar-refractivity contribution is 5.88. The average Bonchev–Trinajstić information content (AvgIpc) is 2.54. The van der Waals surface area contributed by atoms with Crippen LogP contribution in [-0.4, -0.2) is 34.1 Å². The van der Waals surface area contributed by atoms with E-state index in [0.717, 1.165) is 0 Å². The van der Waals surface area contributed by atoms with Crippen LogP contribution in [0.15, 0.2) is 0 Å². The van der Waals surface area contributed by atoms with Gasteiger partial charge < -0.3 is 0 Å². The van der Waals surface area contributed by atoms with E-state index in [1.807, 2.05) is 27.7 Å². The molecule has 2 aliphatic heterocycles. The number of nitrogens with one attached hydrogen (secondary N) is 2. The van der Waals surface area contributed by atoms with Crippen LogP contribution in [0.4, 0.5) is 0 Å². The maximum atomic E-state index is 11.9. The van der Waals surface area contributed by atoms with Crippen LogP contribution in [0.2, 0.25) is 0 Å². The Balaban J connectivity index is 2.26. The Morgan fingerprint density at radius 2 is 1.39 bits per heavy atom. The first kappa shape index (κ1) is 13.6. The number of piperidine rings is 1. The van der Waals surface area contributed by atoms with E-state index in [9.17, 15) is 14.8 Å². The molecule has 2 fully saturated rings. The molecule has 0 saturated carbocycles. The molecule has 2 saturated heterocycles. The molecule has 0 unspecified atom stereocenters. The predicted octanol–water partition coefficient (Wildman–Crippen LogP) is -1.29. The third kappa shape index (κ3) is 2.11. The van der Waals surface area contributed by atoms with Gasteiger partial charge in [0.2, 0.25) is 0 Å². The maximum Gasteiger partial charge on any atom is 0.320 e. The number of hydrogen-bond acceptors (Lipinski definition) is 3. The lowest BCUT2D eigenvalue weighted by molar-refractivity contribution is -1.17. The fraction of sp³-hybridized carbons (Fsp3) is 0.846. The summed E-state index contributed by atoms with van der Waals surface area (Å²) in [5.41, 5.74) is -0.662. The van der Waals surface area contributed by atoms with Crippen molar-refractivity contribution in [3.63, 3.8) is 0 Å². The summed E-state index contributed by atoms with van der Waals surface area (Å²) in [6.07, 6.45) is 2.13. The Labute approximate surface area is 108 Å². The van der Waals surface area contributed by atoms with Crippen molar-refractivity contribution < 1.29 is 24.8 Å². The van der Waals surface area contributed by atoms with Gasteiger partial charge in [-0.15, -0.1) is 0 Å². The van der Waals surface area contributed by atoms with Gasteiger partial charge in [0.05, 0.1) is 25.7 Å². The smallest absolute Gasteiger partial charge is 0.230 e. The predicted molar refractivity (Wildman–Crippen MR) is 64.1 cm³/mol. The topological polar surface area (TPSA) is 63.2 Å². The highest BCUT2D eigenvalue weighted by Crippen LogP contribution is 2.22. The Hall–Kier alpha value is -0.780. The van der Waals surface area contributed by atoms with Crippen LogP contribution < -0.4 is 9.96 Å². The van der Waals surface area contributed by atoms with Crippen molar-refractivity contribution in [2.24, 2.45) is 0 Å². The molecule has 2 heterocycles. The molecule has 0 aromatic rings. The molecule has 0 atom stereocenters. The number of carbonyl (C=O) groups is 2. The molecule has 5 nitrogen and oxygen atoms in total. The fourth-order valence-corrected chi connectivity index (χ4v) is 3.72. The van der Waals surface area contributed by atoms with Gasteiger partial charge in [-0.2, -0.15) is 5.06 Å². The van der Waals surface area contributed by atoms with E-state index in [1.54, 1.807) is 0 Å². The van der Waals surface area contributed by atoms with Gasteiger partial charge in [0.25, 0.3) is 0 Å². The van der Waals surface area contributed by atoms with Crippen LogP contribution in [0.25, 0.3) is 0 Å². The third-order valence-corrected chi connectivity index (χ3v) is 4.38. The number of amides is 2. The van der Waals surface area contributed by atoms with E-state index in [0.29, 0.717) is 35.6 Å². The molecule has 0 aromatic carbocycles. The van der Waals surface area contributed by atoms with Crippen molar-refractivity contribution in [1.29, 1.82) is 0 Å². The Morgan fingerprint density at radius 1 is 1.00 bits per heavy atom. The third-order valence-electron chi connectivity index (χ3n) is 4.38. The quantitative estimate of drug-likeness (QED) is 0.512. The molecular formula is C13H24N2O3+2. The van der Waals surface area contributed by atoms with Crippen molar-refractivity contribution in [3.05, 3.63) is 0 Å². The van der Waals surface area contributed by atoms with E-state index in [2.05, 4.69) is 0 Å². The number of rotatable bonds is 1. The van der Waals surface area contributed by atoms with Gasteiger partial charge in [-0.3, -0.25) is 0 Å². The van der Waals surface area contributed by atoms with Crippen molar-refractivity contribution in [3.8, 4) is 0 Å². The van der Waals surface area contributed by atoms with Gasteiger partial charge in [-0.05, 0) is 27.7 Å². The lowest BCUT2D eigenvalue weighted by Crippen LogP contribution is -3.29. The molecular weight excluding hydrogens is 232 g/mol. The largest absolute Gasteiger partial charge is 0.320 e. The Morgan fingerprint density at radius 3 is 1.78 bits per heavy atom. The molecule has 0 aromatic heterocycles. The van der Waals surface area contributed by atoms with E-state index in [4.69, 9.17) is 0 Å². The Bertz CT molecular complexity index is 356. The van der Waals surface area contributed by atoms with E-state index < -0.39 is 0 Å². The monoisotopic (exact) mass is 256 g/mol. The van der Waals surface area contributed by atoms with Crippen molar-refractivity contribution in [1.82, 2.24) is 0 Å². The number of quaternary nitrogens is 2. The molecule has 2 aliphatic rings. The Kier molecular flexibility index (Phi) is 3.12. The molecule has 102 valence electrons. The summed E-state index contributed by atoms with van der Waals surface area (Å²) in [6, 6.07) is 0.00778. The summed E-state index contributed by atoms with van der Waals surface area (Å²) in [4.78, 5) is 24.2.